The second-order valence-electron chi connectivity index (χ2n) is 5.76. The molecule has 1 heterocycles. The van der Waals surface area contributed by atoms with E-state index < -0.39 is 0 Å². The highest BCUT2D eigenvalue weighted by Gasteiger charge is 2.25. The van der Waals surface area contributed by atoms with Crippen molar-refractivity contribution in [3.63, 3.8) is 0 Å². The van der Waals surface area contributed by atoms with Crippen molar-refractivity contribution in [2.24, 2.45) is 11.7 Å². The Morgan fingerprint density at radius 2 is 1.72 bits per heavy atom. The molecule has 2 amide bonds. The average Bonchev–Trinajstić information content (AvgIpc) is 2.64. The summed E-state index contributed by atoms with van der Waals surface area (Å²) in [6.45, 7) is 1.06. The lowest BCUT2D eigenvalue weighted by Gasteiger charge is -2.29. The molecule has 0 spiro atoms. The predicted molar refractivity (Wildman–Crippen MR) is 93.6 cm³/mol. The van der Waals surface area contributed by atoms with Gasteiger partial charge in [0.15, 0.2) is 11.5 Å². The summed E-state index contributed by atoms with van der Waals surface area (Å²) in [6.07, 6.45) is 4.39. The van der Waals surface area contributed by atoms with E-state index in [1.807, 2.05) is 0 Å². The number of hydrogen-bond acceptors (Lipinski definition) is 5. The van der Waals surface area contributed by atoms with Crippen LogP contribution in [0.1, 0.15) is 18.4 Å². The molecule has 1 fully saturated rings. The van der Waals surface area contributed by atoms with Crippen LogP contribution in [0.2, 0.25) is 0 Å². The first-order chi connectivity index (χ1) is 12.0. The molecule has 1 aromatic rings. The Hall–Kier alpha value is -2.70. The number of benzene rings is 1. The van der Waals surface area contributed by atoms with Crippen LogP contribution in [0.4, 0.5) is 0 Å². The molecule has 136 valence electrons. The van der Waals surface area contributed by atoms with Crippen LogP contribution in [-0.4, -0.2) is 51.1 Å². The van der Waals surface area contributed by atoms with E-state index in [1.54, 1.807) is 30.2 Å². The predicted octanol–water partition coefficient (Wildman–Crippen LogP) is 1.45. The highest BCUT2D eigenvalue weighted by Crippen LogP contribution is 2.40. The average molecular weight is 348 g/mol. The van der Waals surface area contributed by atoms with Gasteiger partial charge in [-0.1, -0.05) is 0 Å². The molecule has 0 saturated carbocycles. The Morgan fingerprint density at radius 3 is 2.24 bits per heavy atom. The fraction of sp³-hybridized carbons (Fsp3) is 0.444. The quantitative estimate of drug-likeness (QED) is 0.786. The lowest BCUT2D eigenvalue weighted by molar-refractivity contribution is -0.130. The third-order valence-corrected chi connectivity index (χ3v) is 4.35. The van der Waals surface area contributed by atoms with Crippen LogP contribution in [0.25, 0.3) is 6.08 Å². The molecule has 0 unspecified atom stereocenters. The van der Waals surface area contributed by atoms with Crippen LogP contribution in [-0.2, 0) is 9.59 Å². The Balaban J connectivity index is 2.11. The second kappa shape index (κ2) is 8.41. The molecule has 7 nitrogen and oxygen atoms in total. The van der Waals surface area contributed by atoms with Gasteiger partial charge in [0.05, 0.1) is 21.3 Å². The standard InChI is InChI=1S/C18H24N2O5/c1-23-14-6-4-12(16(24-2)17(14)25-3)5-7-15(21)20-10-8-13(9-11-20)18(19)22/h4-7,13H,8-11H2,1-3H3,(H2,19,22). The van der Waals surface area contributed by atoms with Crippen LogP contribution < -0.4 is 19.9 Å². The molecule has 0 aliphatic carbocycles. The van der Waals surface area contributed by atoms with Crippen LogP contribution >= 0.6 is 0 Å². The van der Waals surface area contributed by atoms with Gasteiger partial charge >= 0.3 is 0 Å². The van der Waals surface area contributed by atoms with Gasteiger partial charge in [-0.3, -0.25) is 9.59 Å². The van der Waals surface area contributed by atoms with Crippen LogP contribution in [0.15, 0.2) is 18.2 Å². The molecule has 1 aromatic carbocycles. The van der Waals surface area contributed by atoms with E-state index in [0.29, 0.717) is 48.7 Å². The summed E-state index contributed by atoms with van der Waals surface area (Å²) in [6, 6.07) is 3.55. The van der Waals surface area contributed by atoms with Crippen LogP contribution in [0.3, 0.4) is 0 Å². The first-order valence-corrected chi connectivity index (χ1v) is 8.07. The van der Waals surface area contributed by atoms with Crippen molar-refractivity contribution in [2.75, 3.05) is 34.4 Å². The van der Waals surface area contributed by atoms with Crippen molar-refractivity contribution in [2.45, 2.75) is 12.8 Å². The zero-order valence-electron chi connectivity index (χ0n) is 14.8. The number of carbonyl (C=O) groups excluding carboxylic acids is 2. The fourth-order valence-electron chi connectivity index (χ4n) is 2.91. The molecular weight excluding hydrogens is 324 g/mol. The number of likely N-dealkylation sites (tertiary alicyclic amines) is 1. The van der Waals surface area contributed by atoms with Crippen molar-refractivity contribution in [1.82, 2.24) is 4.90 Å². The number of piperidine rings is 1. The molecule has 0 atom stereocenters. The van der Waals surface area contributed by atoms with Gasteiger partial charge < -0.3 is 24.8 Å². The van der Waals surface area contributed by atoms with Gasteiger partial charge in [0.2, 0.25) is 17.6 Å². The zero-order valence-corrected chi connectivity index (χ0v) is 14.8. The number of hydrogen-bond donors (Lipinski definition) is 1. The number of nitrogens with zero attached hydrogens (tertiary/aromatic N) is 1. The molecular formula is C18H24N2O5. The maximum Gasteiger partial charge on any atom is 0.246 e. The zero-order chi connectivity index (χ0) is 18.4. The first-order valence-electron chi connectivity index (χ1n) is 8.07. The maximum atomic E-state index is 12.4. The summed E-state index contributed by atoms with van der Waals surface area (Å²) in [4.78, 5) is 25.3. The first kappa shape index (κ1) is 18.6. The molecule has 0 bridgehead atoms. The number of ether oxygens (including phenoxy) is 3. The van der Waals surface area contributed by atoms with Gasteiger partial charge in [-0.25, -0.2) is 0 Å². The van der Waals surface area contributed by atoms with E-state index in [1.165, 1.54) is 20.3 Å². The van der Waals surface area contributed by atoms with Gasteiger partial charge in [-0.15, -0.1) is 0 Å². The Kier molecular flexibility index (Phi) is 6.27. The number of nitrogens with two attached hydrogens (primary N) is 1. The van der Waals surface area contributed by atoms with Crippen LogP contribution in [0, 0.1) is 5.92 Å². The van der Waals surface area contributed by atoms with Gasteiger partial charge in [-0.05, 0) is 31.1 Å². The summed E-state index contributed by atoms with van der Waals surface area (Å²) in [7, 11) is 4.61. The van der Waals surface area contributed by atoms with E-state index in [0.717, 1.165) is 0 Å². The summed E-state index contributed by atoms with van der Waals surface area (Å²) in [5.74, 6) is 0.980. The van der Waals surface area contributed by atoms with Gasteiger partial charge in [0, 0.05) is 30.6 Å². The number of carbonyl (C=O) groups is 2. The summed E-state index contributed by atoms with van der Waals surface area (Å²) in [5.41, 5.74) is 6.02. The molecule has 1 aliphatic heterocycles. The number of methoxy groups -OCH3 is 3. The lowest BCUT2D eigenvalue weighted by atomic mass is 9.96. The van der Waals surface area contributed by atoms with E-state index >= 15 is 0 Å². The van der Waals surface area contributed by atoms with Crippen molar-refractivity contribution in [3.05, 3.63) is 23.8 Å². The summed E-state index contributed by atoms with van der Waals surface area (Å²) < 4.78 is 16.0. The largest absolute Gasteiger partial charge is 0.493 e. The van der Waals surface area contributed by atoms with E-state index in [4.69, 9.17) is 19.9 Å². The Bertz CT molecular complexity index is 664. The van der Waals surface area contributed by atoms with E-state index in [9.17, 15) is 9.59 Å². The molecule has 7 heteroatoms. The topological polar surface area (TPSA) is 91.1 Å². The highest BCUT2D eigenvalue weighted by atomic mass is 16.5. The van der Waals surface area contributed by atoms with E-state index in [2.05, 4.69) is 0 Å². The normalized spacial score (nSPS) is 15.2. The van der Waals surface area contributed by atoms with Crippen molar-refractivity contribution < 1.29 is 23.8 Å². The SMILES string of the molecule is COc1ccc(C=CC(=O)N2CCC(C(N)=O)CC2)c(OC)c1OC. The number of rotatable bonds is 6. The van der Waals surface area contributed by atoms with E-state index in [-0.39, 0.29) is 17.7 Å². The lowest BCUT2D eigenvalue weighted by Crippen LogP contribution is -2.41. The molecule has 0 aromatic heterocycles. The minimum atomic E-state index is -0.294. The summed E-state index contributed by atoms with van der Waals surface area (Å²) in [5, 5.41) is 0. The molecule has 2 N–H and O–H groups in total. The highest BCUT2D eigenvalue weighted by molar-refractivity contribution is 5.92. The van der Waals surface area contributed by atoms with Gasteiger partial charge in [-0.2, -0.15) is 0 Å². The van der Waals surface area contributed by atoms with Crippen molar-refractivity contribution in [3.8, 4) is 17.2 Å². The third kappa shape index (κ3) is 4.23. The Labute approximate surface area is 147 Å². The molecule has 25 heavy (non-hydrogen) atoms. The second-order valence-corrected chi connectivity index (χ2v) is 5.76. The monoisotopic (exact) mass is 348 g/mol. The van der Waals surface area contributed by atoms with Gasteiger partial charge in [0.1, 0.15) is 0 Å². The Morgan fingerprint density at radius 1 is 1.08 bits per heavy atom. The van der Waals surface area contributed by atoms with Crippen LogP contribution in [0.5, 0.6) is 17.2 Å². The minimum Gasteiger partial charge on any atom is -0.493 e. The fourth-order valence-corrected chi connectivity index (χ4v) is 2.91. The minimum absolute atomic E-state index is 0.111. The van der Waals surface area contributed by atoms with Crippen molar-refractivity contribution in [1.29, 1.82) is 0 Å². The summed E-state index contributed by atoms with van der Waals surface area (Å²) >= 11 is 0. The van der Waals surface area contributed by atoms with Crippen molar-refractivity contribution >= 4 is 17.9 Å². The molecule has 0 radical (unpaired) electrons. The number of primary amides is 1. The smallest absolute Gasteiger partial charge is 0.246 e. The molecule has 1 saturated heterocycles. The molecule has 1 aliphatic rings. The van der Waals surface area contributed by atoms with Gasteiger partial charge in [0.25, 0.3) is 0 Å². The number of amides is 2. The molecule has 2 rings (SSSR count). The third-order valence-electron chi connectivity index (χ3n) is 4.35. The maximum absolute atomic E-state index is 12.4.